The maximum absolute atomic E-state index is 9.52. The lowest BCUT2D eigenvalue weighted by Crippen LogP contribution is -2.22. The second kappa shape index (κ2) is 4.94. The summed E-state index contributed by atoms with van der Waals surface area (Å²) in [4.78, 5) is 1.96. The molecule has 0 saturated carbocycles. The smallest absolute Gasteiger partial charge is 0.0990 e. The average Bonchev–Trinajstić information content (AvgIpc) is 2.58. The van der Waals surface area contributed by atoms with Crippen LogP contribution in [0.5, 0.6) is 0 Å². The summed E-state index contributed by atoms with van der Waals surface area (Å²) in [6.07, 6.45) is -1.33. The number of aliphatic hydroxyl groups is 2. The highest BCUT2D eigenvalue weighted by Crippen LogP contribution is 2.29. The predicted octanol–water partition coefficient (Wildman–Crippen LogP) is 1.01. The number of aliphatic hydroxyl groups excluding tert-OH is 2. The van der Waals surface area contributed by atoms with E-state index in [1.807, 2.05) is 30.0 Å². The lowest BCUT2D eigenvalue weighted by Gasteiger charge is -2.19. The fourth-order valence-corrected chi connectivity index (χ4v) is 2.79. The Morgan fingerprint density at radius 1 is 1.35 bits per heavy atom. The number of hydrogen-bond donors (Lipinski definition) is 3. The first-order valence-electron chi connectivity index (χ1n) is 5.65. The molecule has 0 aromatic heterocycles. The van der Waals surface area contributed by atoms with E-state index in [1.54, 1.807) is 0 Å². The Kier molecular flexibility index (Phi) is 3.73. The van der Waals surface area contributed by atoms with Crippen molar-refractivity contribution in [1.82, 2.24) is 0 Å². The molecule has 1 saturated heterocycles. The van der Waals surface area contributed by atoms with Crippen LogP contribution < -0.4 is 10.6 Å². The van der Waals surface area contributed by atoms with Crippen molar-refractivity contribution in [2.24, 2.45) is 5.73 Å². The normalized spacial score (nSPS) is 26.3. The molecule has 2 rings (SSSR count). The fraction of sp³-hybridized carbons (Fsp3) is 0.500. The van der Waals surface area contributed by atoms with Crippen LogP contribution in [-0.4, -0.2) is 35.5 Å². The van der Waals surface area contributed by atoms with Crippen molar-refractivity contribution in [3.8, 4) is 0 Å². The summed E-state index contributed by atoms with van der Waals surface area (Å²) in [5, 5.41) is 19.0. The lowest BCUT2D eigenvalue weighted by molar-refractivity contribution is 0.0572. The van der Waals surface area contributed by atoms with E-state index in [0.717, 1.165) is 15.7 Å². The summed E-state index contributed by atoms with van der Waals surface area (Å²) in [7, 11) is 0. The zero-order chi connectivity index (χ0) is 12.6. The zero-order valence-corrected chi connectivity index (χ0v) is 11.3. The number of anilines is 1. The van der Waals surface area contributed by atoms with Crippen molar-refractivity contribution in [3.05, 3.63) is 28.2 Å². The minimum Gasteiger partial charge on any atom is -0.389 e. The molecule has 4 nitrogen and oxygen atoms in total. The average molecular weight is 301 g/mol. The molecule has 1 fully saturated rings. The van der Waals surface area contributed by atoms with E-state index in [0.29, 0.717) is 13.1 Å². The van der Waals surface area contributed by atoms with Gasteiger partial charge in [0, 0.05) is 29.3 Å². The number of β-amino-alcohol motifs (C(OH)–C–C–N with tert-alkyl or cyclic N) is 2. The third kappa shape index (κ3) is 2.63. The van der Waals surface area contributed by atoms with Gasteiger partial charge < -0.3 is 20.8 Å². The first kappa shape index (κ1) is 12.8. The van der Waals surface area contributed by atoms with Crippen LogP contribution in [0.1, 0.15) is 18.5 Å². The van der Waals surface area contributed by atoms with Crippen LogP contribution >= 0.6 is 15.9 Å². The van der Waals surface area contributed by atoms with Gasteiger partial charge in [-0.2, -0.15) is 0 Å². The zero-order valence-electron chi connectivity index (χ0n) is 9.68. The first-order valence-corrected chi connectivity index (χ1v) is 6.44. The van der Waals surface area contributed by atoms with Gasteiger partial charge in [-0.15, -0.1) is 0 Å². The summed E-state index contributed by atoms with van der Waals surface area (Å²) >= 11 is 3.49. The van der Waals surface area contributed by atoms with E-state index in [-0.39, 0.29) is 6.04 Å². The van der Waals surface area contributed by atoms with Crippen molar-refractivity contribution in [2.75, 3.05) is 18.0 Å². The molecule has 1 aromatic carbocycles. The summed E-state index contributed by atoms with van der Waals surface area (Å²) in [6, 6.07) is 5.90. The molecule has 1 heterocycles. The number of nitrogens with zero attached hydrogens (tertiary/aromatic N) is 1. The van der Waals surface area contributed by atoms with E-state index >= 15 is 0 Å². The molecule has 17 heavy (non-hydrogen) atoms. The quantitative estimate of drug-likeness (QED) is 0.762. The van der Waals surface area contributed by atoms with Crippen LogP contribution in [0.4, 0.5) is 5.69 Å². The molecule has 1 aliphatic rings. The third-order valence-electron chi connectivity index (χ3n) is 3.10. The van der Waals surface area contributed by atoms with Crippen molar-refractivity contribution in [1.29, 1.82) is 0 Å². The van der Waals surface area contributed by atoms with Crippen LogP contribution in [0.15, 0.2) is 22.7 Å². The number of benzene rings is 1. The summed E-state index contributed by atoms with van der Waals surface area (Å²) in [5.74, 6) is 0. The van der Waals surface area contributed by atoms with Crippen molar-refractivity contribution in [3.63, 3.8) is 0 Å². The third-order valence-corrected chi connectivity index (χ3v) is 3.79. The van der Waals surface area contributed by atoms with Gasteiger partial charge >= 0.3 is 0 Å². The monoisotopic (exact) mass is 300 g/mol. The topological polar surface area (TPSA) is 69.7 Å². The van der Waals surface area contributed by atoms with Gasteiger partial charge in [-0.3, -0.25) is 0 Å². The van der Waals surface area contributed by atoms with Gasteiger partial charge in [-0.25, -0.2) is 0 Å². The summed E-state index contributed by atoms with van der Waals surface area (Å²) in [6.45, 7) is 2.86. The van der Waals surface area contributed by atoms with Crippen LogP contribution in [0.25, 0.3) is 0 Å². The summed E-state index contributed by atoms with van der Waals surface area (Å²) in [5.41, 5.74) is 7.87. The minimum atomic E-state index is -0.665. The Morgan fingerprint density at radius 2 is 1.94 bits per heavy atom. The van der Waals surface area contributed by atoms with E-state index in [9.17, 15) is 10.2 Å². The Hall–Kier alpha value is -0.620. The number of halogens is 1. The molecule has 0 radical (unpaired) electrons. The van der Waals surface area contributed by atoms with Crippen LogP contribution in [0.3, 0.4) is 0 Å². The highest BCUT2D eigenvalue weighted by Gasteiger charge is 2.29. The first-order chi connectivity index (χ1) is 7.99. The molecular formula is C12H17BrN2O2. The molecule has 3 unspecified atom stereocenters. The molecule has 1 aliphatic heterocycles. The Bertz CT molecular complexity index is 401. The van der Waals surface area contributed by atoms with Crippen LogP contribution in [0.2, 0.25) is 0 Å². The van der Waals surface area contributed by atoms with Crippen LogP contribution in [-0.2, 0) is 0 Å². The Balaban J connectivity index is 2.21. The van der Waals surface area contributed by atoms with E-state index in [2.05, 4.69) is 15.9 Å². The maximum atomic E-state index is 9.52. The Morgan fingerprint density at radius 3 is 2.41 bits per heavy atom. The molecule has 4 N–H and O–H groups in total. The fourth-order valence-electron chi connectivity index (χ4n) is 2.06. The van der Waals surface area contributed by atoms with Gasteiger partial charge in [-0.05, 0) is 24.6 Å². The van der Waals surface area contributed by atoms with E-state index in [4.69, 9.17) is 5.73 Å². The van der Waals surface area contributed by atoms with Crippen molar-refractivity contribution >= 4 is 21.6 Å². The van der Waals surface area contributed by atoms with Gasteiger partial charge in [0.1, 0.15) is 0 Å². The molecule has 5 heteroatoms. The molecule has 0 spiro atoms. The molecule has 0 bridgehead atoms. The van der Waals surface area contributed by atoms with Gasteiger partial charge in [0.05, 0.1) is 12.2 Å². The predicted molar refractivity (Wildman–Crippen MR) is 71.0 cm³/mol. The molecule has 1 aromatic rings. The molecule has 0 amide bonds. The minimum absolute atomic E-state index is 0.0202. The second-order valence-electron chi connectivity index (χ2n) is 4.53. The molecule has 0 aliphatic carbocycles. The highest BCUT2D eigenvalue weighted by molar-refractivity contribution is 9.10. The van der Waals surface area contributed by atoms with Crippen LogP contribution in [0, 0.1) is 0 Å². The van der Waals surface area contributed by atoms with Gasteiger partial charge in [0.15, 0.2) is 0 Å². The van der Waals surface area contributed by atoms with Gasteiger partial charge in [0.25, 0.3) is 0 Å². The molecule has 94 valence electrons. The van der Waals surface area contributed by atoms with E-state index < -0.39 is 12.2 Å². The standard InChI is InChI=1S/C12H17BrN2O2/c1-7(14)9-3-2-8(4-10(9)13)15-5-11(16)12(17)6-15/h2-4,7,11-12,16-17H,5-6,14H2,1H3. The number of rotatable bonds is 2. The SMILES string of the molecule is CC(N)c1ccc(N2CC(O)C(O)C2)cc1Br. The summed E-state index contributed by atoms with van der Waals surface area (Å²) < 4.78 is 0.959. The lowest BCUT2D eigenvalue weighted by atomic mass is 10.1. The van der Waals surface area contributed by atoms with E-state index in [1.165, 1.54) is 0 Å². The van der Waals surface area contributed by atoms with Crippen molar-refractivity contribution < 1.29 is 10.2 Å². The van der Waals surface area contributed by atoms with Gasteiger partial charge in [0.2, 0.25) is 0 Å². The molecule has 3 atom stereocenters. The highest BCUT2D eigenvalue weighted by atomic mass is 79.9. The Labute approximate surface area is 109 Å². The molecular weight excluding hydrogens is 284 g/mol. The van der Waals surface area contributed by atoms with Crippen molar-refractivity contribution in [2.45, 2.75) is 25.2 Å². The second-order valence-corrected chi connectivity index (χ2v) is 5.39. The number of nitrogens with two attached hydrogens (primary N) is 1. The van der Waals surface area contributed by atoms with Gasteiger partial charge in [-0.1, -0.05) is 22.0 Å². The maximum Gasteiger partial charge on any atom is 0.0990 e. The number of hydrogen-bond acceptors (Lipinski definition) is 4. The largest absolute Gasteiger partial charge is 0.389 e.